The molecule has 5 nitrogen and oxygen atoms in total. The monoisotopic (exact) mass is 359 g/mol. The van der Waals surface area contributed by atoms with Gasteiger partial charge >= 0.3 is 0 Å². The van der Waals surface area contributed by atoms with Gasteiger partial charge in [0.25, 0.3) is 5.91 Å². The van der Waals surface area contributed by atoms with Crippen LogP contribution in [0.3, 0.4) is 0 Å². The number of rotatable bonds is 4. The van der Waals surface area contributed by atoms with Crippen LogP contribution in [0.4, 0.5) is 0 Å². The lowest BCUT2D eigenvalue weighted by Crippen LogP contribution is -2.50. The maximum Gasteiger partial charge on any atom is 0.253 e. The highest BCUT2D eigenvalue weighted by Crippen LogP contribution is 2.42. The number of aliphatic hydroxyl groups is 1. The van der Waals surface area contributed by atoms with E-state index in [0.29, 0.717) is 22.2 Å². The Morgan fingerprint density at radius 3 is 2.68 bits per heavy atom. The van der Waals surface area contributed by atoms with Gasteiger partial charge in [-0.15, -0.1) is 0 Å². The SMILES string of the molecule is CC(C)(O)[C@H]1C[C@H](NC(=O)c2cnc3nc(C4CC4)c(Cl)cc3c2)C1. The molecule has 0 radical (unpaired) electrons. The van der Waals surface area contributed by atoms with Crippen LogP contribution >= 0.6 is 11.6 Å². The molecule has 2 aliphatic carbocycles. The molecule has 0 spiro atoms. The van der Waals surface area contributed by atoms with Gasteiger partial charge in [0.1, 0.15) is 0 Å². The molecule has 2 aromatic heterocycles. The van der Waals surface area contributed by atoms with E-state index in [1.807, 2.05) is 19.9 Å². The number of pyridine rings is 2. The van der Waals surface area contributed by atoms with Gasteiger partial charge in [-0.1, -0.05) is 11.6 Å². The summed E-state index contributed by atoms with van der Waals surface area (Å²) in [4.78, 5) is 21.4. The van der Waals surface area contributed by atoms with Crippen molar-refractivity contribution in [3.8, 4) is 0 Å². The quantitative estimate of drug-likeness (QED) is 0.876. The maximum atomic E-state index is 12.5. The van der Waals surface area contributed by atoms with E-state index < -0.39 is 5.60 Å². The van der Waals surface area contributed by atoms with Crippen molar-refractivity contribution in [1.29, 1.82) is 0 Å². The minimum absolute atomic E-state index is 0.110. The summed E-state index contributed by atoms with van der Waals surface area (Å²) in [5, 5.41) is 14.4. The van der Waals surface area contributed by atoms with Crippen molar-refractivity contribution in [3.63, 3.8) is 0 Å². The van der Waals surface area contributed by atoms with E-state index in [0.717, 1.165) is 36.8 Å². The standard InChI is InChI=1S/C19H22ClN3O2/c1-19(2,25)13-7-14(8-13)22-18(24)12-5-11-6-15(20)16(10-3-4-10)23-17(11)21-9-12/h5-6,9-10,13-14,25H,3-4,7-8H2,1-2H3,(H,22,24)/t13-,14-. The van der Waals surface area contributed by atoms with E-state index >= 15 is 0 Å². The van der Waals surface area contributed by atoms with E-state index in [1.165, 1.54) is 0 Å². The highest BCUT2D eigenvalue weighted by molar-refractivity contribution is 6.32. The minimum Gasteiger partial charge on any atom is -0.390 e. The lowest BCUT2D eigenvalue weighted by Gasteiger charge is -2.42. The van der Waals surface area contributed by atoms with Gasteiger partial charge in [0.15, 0.2) is 5.65 Å². The zero-order valence-electron chi connectivity index (χ0n) is 14.4. The minimum atomic E-state index is -0.687. The smallest absolute Gasteiger partial charge is 0.253 e. The molecule has 0 aromatic carbocycles. The number of halogens is 1. The van der Waals surface area contributed by atoms with Gasteiger partial charge in [-0.3, -0.25) is 4.79 Å². The number of hydrogen-bond acceptors (Lipinski definition) is 4. The van der Waals surface area contributed by atoms with Gasteiger partial charge in [-0.2, -0.15) is 0 Å². The molecule has 0 unspecified atom stereocenters. The molecule has 2 N–H and O–H groups in total. The van der Waals surface area contributed by atoms with Crippen LogP contribution in [-0.4, -0.2) is 32.6 Å². The Kier molecular flexibility index (Phi) is 3.96. The first-order valence-corrected chi connectivity index (χ1v) is 9.18. The van der Waals surface area contributed by atoms with E-state index in [2.05, 4.69) is 15.3 Å². The molecule has 2 heterocycles. The third-order valence-electron chi connectivity index (χ3n) is 5.35. The van der Waals surface area contributed by atoms with Crippen LogP contribution < -0.4 is 5.32 Å². The number of fused-ring (bicyclic) bond motifs is 1. The molecular weight excluding hydrogens is 338 g/mol. The van der Waals surface area contributed by atoms with Crippen LogP contribution in [0.5, 0.6) is 0 Å². The predicted octanol–water partition coefficient (Wildman–Crippen LogP) is 3.44. The summed E-state index contributed by atoms with van der Waals surface area (Å²) in [6.07, 6.45) is 5.43. The molecule has 2 fully saturated rings. The van der Waals surface area contributed by atoms with Crippen molar-refractivity contribution >= 4 is 28.5 Å². The first-order valence-electron chi connectivity index (χ1n) is 8.80. The van der Waals surface area contributed by atoms with Crippen LogP contribution in [0, 0.1) is 5.92 Å². The topological polar surface area (TPSA) is 75.1 Å². The van der Waals surface area contributed by atoms with Gasteiger partial charge in [0.2, 0.25) is 0 Å². The fraction of sp³-hybridized carbons (Fsp3) is 0.526. The Bertz CT molecular complexity index is 836. The Morgan fingerprint density at radius 1 is 1.32 bits per heavy atom. The molecule has 0 bridgehead atoms. The Labute approximate surface area is 151 Å². The zero-order valence-corrected chi connectivity index (χ0v) is 15.2. The van der Waals surface area contributed by atoms with E-state index in [4.69, 9.17) is 11.6 Å². The van der Waals surface area contributed by atoms with Crippen molar-refractivity contribution in [3.05, 3.63) is 34.6 Å². The zero-order chi connectivity index (χ0) is 17.8. The third-order valence-corrected chi connectivity index (χ3v) is 5.65. The van der Waals surface area contributed by atoms with Crippen LogP contribution in [0.1, 0.15) is 61.5 Å². The normalized spacial score (nSPS) is 23.4. The number of aromatic nitrogens is 2. The highest BCUT2D eigenvalue weighted by atomic mass is 35.5. The Hall–Kier alpha value is -1.72. The molecule has 2 aliphatic rings. The van der Waals surface area contributed by atoms with Crippen molar-refractivity contribution in [2.24, 2.45) is 5.92 Å². The molecular formula is C19H22ClN3O2. The summed E-state index contributed by atoms with van der Waals surface area (Å²) in [5.41, 5.74) is 1.38. The largest absolute Gasteiger partial charge is 0.390 e. The number of nitrogens with zero attached hydrogens (tertiary/aromatic N) is 2. The number of hydrogen-bond donors (Lipinski definition) is 2. The van der Waals surface area contributed by atoms with Crippen LogP contribution in [0.25, 0.3) is 11.0 Å². The summed E-state index contributed by atoms with van der Waals surface area (Å²) in [6, 6.07) is 3.76. The number of carbonyl (C=O) groups excluding carboxylic acids is 1. The lowest BCUT2D eigenvalue weighted by atomic mass is 9.71. The molecule has 0 atom stereocenters. The molecule has 0 aliphatic heterocycles. The molecule has 1 amide bonds. The summed E-state index contributed by atoms with van der Waals surface area (Å²) in [5.74, 6) is 0.552. The van der Waals surface area contributed by atoms with Crippen molar-refractivity contribution in [2.45, 2.75) is 57.1 Å². The molecule has 4 rings (SSSR count). The molecule has 132 valence electrons. The van der Waals surface area contributed by atoms with Crippen LogP contribution in [0.2, 0.25) is 5.02 Å². The highest BCUT2D eigenvalue weighted by Gasteiger charge is 2.39. The fourth-order valence-corrected chi connectivity index (χ4v) is 3.71. The first kappa shape index (κ1) is 16.7. The van der Waals surface area contributed by atoms with Crippen molar-refractivity contribution in [2.75, 3.05) is 0 Å². The van der Waals surface area contributed by atoms with E-state index in [-0.39, 0.29) is 17.9 Å². The van der Waals surface area contributed by atoms with Crippen molar-refractivity contribution < 1.29 is 9.90 Å². The number of amides is 1. The molecule has 25 heavy (non-hydrogen) atoms. The summed E-state index contributed by atoms with van der Waals surface area (Å²) >= 11 is 6.33. The van der Waals surface area contributed by atoms with Gasteiger partial charge in [-0.25, -0.2) is 9.97 Å². The lowest BCUT2D eigenvalue weighted by molar-refractivity contribution is -0.0309. The van der Waals surface area contributed by atoms with E-state index in [1.54, 1.807) is 12.3 Å². The third kappa shape index (κ3) is 3.35. The maximum absolute atomic E-state index is 12.5. The van der Waals surface area contributed by atoms with Gasteiger partial charge < -0.3 is 10.4 Å². The van der Waals surface area contributed by atoms with Crippen molar-refractivity contribution in [1.82, 2.24) is 15.3 Å². The van der Waals surface area contributed by atoms with Gasteiger partial charge in [-0.05, 0) is 57.6 Å². The second kappa shape index (κ2) is 5.92. The number of carbonyl (C=O) groups is 1. The fourth-order valence-electron chi connectivity index (χ4n) is 3.40. The number of nitrogens with one attached hydrogen (secondary N) is 1. The summed E-state index contributed by atoms with van der Waals surface area (Å²) < 4.78 is 0. The average Bonchev–Trinajstić information content (AvgIpc) is 3.32. The molecule has 2 aromatic rings. The molecule has 2 saturated carbocycles. The Balaban J connectivity index is 1.48. The summed E-state index contributed by atoms with van der Waals surface area (Å²) in [7, 11) is 0. The first-order chi connectivity index (χ1) is 11.8. The molecule has 6 heteroatoms. The Morgan fingerprint density at radius 2 is 2.04 bits per heavy atom. The molecule has 0 saturated heterocycles. The average molecular weight is 360 g/mol. The summed E-state index contributed by atoms with van der Waals surface area (Å²) in [6.45, 7) is 3.63. The predicted molar refractivity (Wildman–Crippen MR) is 96.8 cm³/mol. The van der Waals surface area contributed by atoms with Crippen LogP contribution in [-0.2, 0) is 0 Å². The second-order valence-electron chi connectivity index (χ2n) is 7.89. The van der Waals surface area contributed by atoms with Crippen LogP contribution in [0.15, 0.2) is 18.3 Å². The van der Waals surface area contributed by atoms with E-state index in [9.17, 15) is 9.90 Å². The van der Waals surface area contributed by atoms with Gasteiger partial charge in [0, 0.05) is 23.5 Å². The van der Waals surface area contributed by atoms with Gasteiger partial charge in [0.05, 0.1) is 21.9 Å². The second-order valence-corrected chi connectivity index (χ2v) is 8.30.